The van der Waals surface area contributed by atoms with E-state index in [1.54, 1.807) is 6.20 Å². The lowest BCUT2D eigenvalue weighted by molar-refractivity contribution is 0.452. The predicted molar refractivity (Wildman–Crippen MR) is 59.9 cm³/mol. The van der Waals surface area contributed by atoms with Crippen LogP contribution in [0, 0.1) is 5.82 Å². The third kappa shape index (κ3) is 1.98. The van der Waals surface area contributed by atoms with Gasteiger partial charge in [-0.1, -0.05) is 0 Å². The van der Waals surface area contributed by atoms with Gasteiger partial charge >= 0.3 is 0 Å². The van der Waals surface area contributed by atoms with Gasteiger partial charge in [0.1, 0.15) is 0 Å². The van der Waals surface area contributed by atoms with E-state index in [0.29, 0.717) is 12.5 Å². The van der Waals surface area contributed by atoms with Crippen molar-refractivity contribution in [3.05, 3.63) is 36.7 Å². The molecule has 1 N–H and O–H groups in total. The molecule has 1 fully saturated rings. The third-order valence-electron chi connectivity index (χ3n) is 3.01. The van der Waals surface area contributed by atoms with Gasteiger partial charge < -0.3 is 5.32 Å². The van der Waals surface area contributed by atoms with Gasteiger partial charge in [-0.15, -0.1) is 0 Å². The molecule has 0 bridgehead atoms. The summed E-state index contributed by atoms with van der Waals surface area (Å²) in [6.07, 6.45) is 8.21. The SMILES string of the molecule is Fc1cnc(NCC2(n3cccn3)CC2)nc1. The molecule has 88 valence electrons. The van der Waals surface area contributed by atoms with E-state index in [0.717, 1.165) is 25.2 Å². The maximum absolute atomic E-state index is 12.6. The van der Waals surface area contributed by atoms with Crippen molar-refractivity contribution in [2.75, 3.05) is 11.9 Å². The zero-order valence-electron chi connectivity index (χ0n) is 9.17. The first-order valence-electron chi connectivity index (χ1n) is 5.50. The van der Waals surface area contributed by atoms with Gasteiger partial charge in [-0.2, -0.15) is 5.10 Å². The topological polar surface area (TPSA) is 55.6 Å². The normalized spacial score (nSPS) is 16.8. The molecule has 17 heavy (non-hydrogen) atoms. The van der Waals surface area contributed by atoms with Crippen molar-refractivity contribution in [1.29, 1.82) is 0 Å². The molecule has 2 heterocycles. The second kappa shape index (κ2) is 3.80. The summed E-state index contributed by atoms with van der Waals surface area (Å²) in [7, 11) is 0. The molecule has 1 aliphatic rings. The third-order valence-corrected chi connectivity index (χ3v) is 3.01. The van der Waals surface area contributed by atoms with E-state index >= 15 is 0 Å². The van der Waals surface area contributed by atoms with Gasteiger partial charge in [0.25, 0.3) is 0 Å². The highest BCUT2D eigenvalue weighted by molar-refractivity contribution is 5.25. The van der Waals surface area contributed by atoms with Gasteiger partial charge in [-0.25, -0.2) is 14.4 Å². The first-order valence-corrected chi connectivity index (χ1v) is 5.50. The summed E-state index contributed by atoms with van der Waals surface area (Å²) in [6, 6.07) is 1.91. The largest absolute Gasteiger partial charge is 0.352 e. The zero-order valence-corrected chi connectivity index (χ0v) is 9.17. The molecule has 0 amide bonds. The van der Waals surface area contributed by atoms with Gasteiger partial charge in [0, 0.05) is 18.9 Å². The number of nitrogens with one attached hydrogen (secondary N) is 1. The standard InChI is InChI=1S/C11H12FN5/c12-9-6-13-10(14-7-9)15-8-11(2-3-11)17-5-1-4-16-17/h1,4-7H,2-3,8H2,(H,13,14,15). The number of halogens is 1. The Hall–Kier alpha value is -1.98. The molecule has 0 spiro atoms. The average Bonchev–Trinajstić information content (AvgIpc) is 2.93. The maximum Gasteiger partial charge on any atom is 0.222 e. The summed E-state index contributed by atoms with van der Waals surface area (Å²) in [6.45, 7) is 0.709. The molecule has 5 nitrogen and oxygen atoms in total. The van der Waals surface area contributed by atoms with E-state index in [9.17, 15) is 4.39 Å². The van der Waals surface area contributed by atoms with E-state index in [-0.39, 0.29) is 5.54 Å². The Morgan fingerprint density at radius 2 is 2.12 bits per heavy atom. The highest BCUT2D eigenvalue weighted by Crippen LogP contribution is 2.42. The minimum absolute atomic E-state index is 0.0429. The number of aromatic nitrogens is 4. The van der Waals surface area contributed by atoms with Crippen molar-refractivity contribution in [2.45, 2.75) is 18.4 Å². The van der Waals surface area contributed by atoms with Crippen molar-refractivity contribution in [2.24, 2.45) is 0 Å². The minimum atomic E-state index is -0.427. The number of nitrogens with zero attached hydrogens (tertiary/aromatic N) is 4. The van der Waals surface area contributed by atoms with Crippen molar-refractivity contribution in [1.82, 2.24) is 19.7 Å². The van der Waals surface area contributed by atoms with Gasteiger partial charge in [0.2, 0.25) is 5.95 Å². The fourth-order valence-electron chi connectivity index (χ4n) is 1.83. The Morgan fingerprint density at radius 3 is 2.71 bits per heavy atom. The first-order chi connectivity index (χ1) is 8.28. The lowest BCUT2D eigenvalue weighted by Crippen LogP contribution is -2.27. The number of rotatable bonds is 4. The van der Waals surface area contributed by atoms with Gasteiger partial charge in [0.15, 0.2) is 5.82 Å². The van der Waals surface area contributed by atoms with Crippen molar-refractivity contribution in [3.8, 4) is 0 Å². The van der Waals surface area contributed by atoms with E-state index in [2.05, 4.69) is 20.4 Å². The molecule has 0 radical (unpaired) electrons. The molecule has 0 unspecified atom stereocenters. The highest BCUT2D eigenvalue weighted by atomic mass is 19.1. The van der Waals surface area contributed by atoms with Crippen LogP contribution >= 0.6 is 0 Å². The molecule has 0 aromatic carbocycles. The molecule has 6 heteroatoms. The van der Waals surface area contributed by atoms with Crippen molar-refractivity contribution < 1.29 is 4.39 Å². The van der Waals surface area contributed by atoms with Crippen LogP contribution in [0.3, 0.4) is 0 Å². The van der Waals surface area contributed by atoms with E-state index in [4.69, 9.17) is 0 Å². The Balaban J connectivity index is 1.67. The Labute approximate surface area is 97.7 Å². The monoisotopic (exact) mass is 233 g/mol. The average molecular weight is 233 g/mol. The Bertz CT molecular complexity index is 489. The number of anilines is 1. The van der Waals surface area contributed by atoms with Crippen LogP contribution in [-0.4, -0.2) is 26.3 Å². The number of hydrogen-bond acceptors (Lipinski definition) is 4. The van der Waals surface area contributed by atoms with Crippen LogP contribution in [-0.2, 0) is 5.54 Å². The molecule has 2 aromatic heterocycles. The van der Waals surface area contributed by atoms with Crippen LogP contribution in [0.5, 0.6) is 0 Å². The Kier molecular flexibility index (Phi) is 2.28. The van der Waals surface area contributed by atoms with E-state index in [1.807, 2.05) is 16.9 Å². The molecular formula is C11H12FN5. The molecule has 3 rings (SSSR count). The summed E-state index contributed by atoms with van der Waals surface area (Å²) < 4.78 is 14.6. The second-order valence-corrected chi connectivity index (χ2v) is 4.25. The van der Waals surface area contributed by atoms with Crippen LogP contribution in [0.25, 0.3) is 0 Å². The van der Waals surface area contributed by atoms with Crippen LogP contribution in [0.2, 0.25) is 0 Å². The van der Waals surface area contributed by atoms with Gasteiger partial charge in [-0.3, -0.25) is 4.68 Å². The van der Waals surface area contributed by atoms with Crippen LogP contribution < -0.4 is 5.32 Å². The highest BCUT2D eigenvalue weighted by Gasteiger charge is 2.45. The molecular weight excluding hydrogens is 221 g/mol. The number of hydrogen-bond donors (Lipinski definition) is 1. The minimum Gasteiger partial charge on any atom is -0.352 e. The Morgan fingerprint density at radius 1 is 1.35 bits per heavy atom. The molecule has 0 saturated heterocycles. The fraction of sp³-hybridized carbons (Fsp3) is 0.364. The summed E-state index contributed by atoms with van der Waals surface area (Å²) in [5.74, 6) is 0.0218. The van der Waals surface area contributed by atoms with E-state index in [1.165, 1.54) is 0 Å². The smallest absolute Gasteiger partial charge is 0.222 e. The molecule has 0 atom stereocenters. The molecule has 1 aliphatic carbocycles. The van der Waals surface area contributed by atoms with Crippen LogP contribution in [0.1, 0.15) is 12.8 Å². The van der Waals surface area contributed by atoms with Crippen LogP contribution in [0.15, 0.2) is 30.9 Å². The first kappa shape index (κ1) is 10.2. The summed E-state index contributed by atoms with van der Waals surface area (Å²) in [4.78, 5) is 7.73. The molecule has 1 saturated carbocycles. The lowest BCUT2D eigenvalue weighted by atomic mass is 10.3. The predicted octanol–water partition coefficient (Wildman–Crippen LogP) is 1.41. The lowest BCUT2D eigenvalue weighted by Gasteiger charge is -2.16. The molecule has 0 aliphatic heterocycles. The zero-order chi connectivity index (χ0) is 11.7. The summed E-state index contributed by atoms with van der Waals surface area (Å²) >= 11 is 0. The fourth-order valence-corrected chi connectivity index (χ4v) is 1.83. The van der Waals surface area contributed by atoms with E-state index < -0.39 is 5.82 Å². The summed E-state index contributed by atoms with van der Waals surface area (Å²) in [5.41, 5.74) is 0.0429. The molecule has 2 aromatic rings. The summed E-state index contributed by atoms with van der Waals surface area (Å²) in [5, 5.41) is 7.37. The van der Waals surface area contributed by atoms with Crippen LogP contribution in [0.4, 0.5) is 10.3 Å². The second-order valence-electron chi connectivity index (χ2n) is 4.25. The van der Waals surface area contributed by atoms with Crippen molar-refractivity contribution >= 4 is 5.95 Å². The van der Waals surface area contributed by atoms with Gasteiger partial charge in [-0.05, 0) is 18.9 Å². The quantitative estimate of drug-likeness (QED) is 0.867. The van der Waals surface area contributed by atoms with Crippen molar-refractivity contribution in [3.63, 3.8) is 0 Å². The maximum atomic E-state index is 12.6. The van der Waals surface area contributed by atoms with Gasteiger partial charge in [0.05, 0.1) is 17.9 Å².